The SMILES string of the molecule is CC.CC.CC.Cc1nc(N)nc(NCc2ccccc2)n1. The second kappa shape index (κ2) is 15.2. The number of nitrogens with zero attached hydrogens (tertiary/aromatic N) is 3. The Kier molecular flexibility index (Phi) is 15.3. The van der Waals surface area contributed by atoms with Gasteiger partial charge in [-0.3, -0.25) is 0 Å². The lowest BCUT2D eigenvalue weighted by atomic mass is 10.2. The summed E-state index contributed by atoms with van der Waals surface area (Å²) in [6, 6.07) is 10.0. The highest BCUT2D eigenvalue weighted by atomic mass is 15.2. The van der Waals surface area contributed by atoms with Gasteiger partial charge >= 0.3 is 0 Å². The molecule has 0 aliphatic carbocycles. The third-order valence-corrected chi connectivity index (χ3v) is 2.06. The molecular weight excluding hydrogens is 274 g/mol. The van der Waals surface area contributed by atoms with Crippen LogP contribution in [0.2, 0.25) is 0 Å². The minimum Gasteiger partial charge on any atom is -0.368 e. The van der Waals surface area contributed by atoms with Gasteiger partial charge in [-0.2, -0.15) is 15.0 Å². The fourth-order valence-corrected chi connectivity index (χ4v) is 1.36. The highest BCUT2D eigenvalue weighted by molar-refractivity contribution is 5.32. The number of aromatic nitrogens is 3. The van der Waals surface area contributed by atoms with E-state index in [1.807, 2.05) is 71.9 Å². The highest BCUT2D eigenvalue weighted by Gasteiger charge is 2.00. The van der Waals surface area contributed by atoms with Gasteiger partial charge in [-0.15, -0.1) is 0 Å². The van der Waals surface area contributed by atoms with Crippen molar-refractivity contribution in [1.29, 1.82) is 0 Å². The second-order valence-corrected chi connectivity index (χ2v) is 3.40. The van der Waals surface area contributed by atoms with E-state index >= 15 is 0 Å². The fraction of sp³-hybridized carbons (Fsp3) is 0.471. The fourth-order valence-electron chi connectivity index (χ4n) is 1.36. The van der Waals surface area contributed by atoms with Crippen molar-refractivity contribution in [3.63, 3.8) is 0 Å². The molecule has 0 radical (unpaired) electrons. The van der Waals surface area contributed by atoms with Crippen LogP contribution in [-0.4, -0.2) is 15.0 Å². The Morgan fingerprint density at radius 1 is 0.864 bits per heavy atom. The van der Waals surface area contributed by atoms with E-state index < -0.39 is 0 Å². The zero-order valence-electron chi connectivity index (χ0n) is 15.0. The van der Waals surface area contributed by atoms with Crippen molar-refractivity contribution in [2.75, 3.05) is 11.1 Å². The second-order valence-electron chi connectivity index (χ2n) is 3.40. The van der Waals surface area contributed by atoms with E-state index in [0.29, 0.717) is 18.3 Å². The van der Waals surface area contributed by atoms with Gasteiger partial charge < -0.3 is 11.1 Å². The van der Waals surface area contributed by atoms with Crippen molar-refractivity contribution < 1.29 is 0 Å². The van der Waals surface area contributed by atoms with E-state index in [4.69, 9.17) is 5.73 Å². The molecule has 3 N–H and O–H groups in total. The highest BCUT2D eigenvalue weighted by Crippen LogP contribution is 2.05. The standard InChI is InChI=1S/C11H13N5.3C2H6/c1-8-14-10(12)16-11(15-8)13-7-9-5-3-2-4-6-9;3*1-2/h2-6H,7H2,1H3,(H3,12,13,14,15,16);3*1-2H3. The average Bonchev–Trinajstić information content (AvgIpc) is 2.59. The molecule has 0 spiro atoms. The molecule has 0 fully saturated rings. The van der Waals surface area contributed by atoms with Gasteiger partial charge in [0.1, 0.15) is 5.82 Å². The Morgan fingerprint density at radius 3 is 1.91 bits per heavy atom. The number of hydrogen-bond donors (Lipinski definition) is 2. The maximum absolute atomic E-state index is 5.53. The molecule has 0 bridgehead atoms. The molecule has 124 valence electrons. The molecular formula is C17H31N5. The van der Waals surface area contributed by atoms with Crippen LogP contribution >= 0.6 is 0 Å². The molecule has 0 saturated heterocycles. The van der Waals surface area contributed by atoms with Gasteiger partial charge in [0.05, 0.1) is 0 Å². The third kappa shape index (κ3) is 9.69. The molecule has 5 heteroatoms. The van der Waals surface area contributed by atoms with Crippen molar-refractivity contribution in [2.24, 2.45) is 0 Å². The van der Waals surface area contributed by atoms with Crippen LogP contribution in [-0.2, 0) is 6.54 Å². The summed E-state index contributed by atoms with van der Waals surface area (Å²) >= 11 is 0. The van der Waals surface area contributed by atoms with E-state index in [9.17, 15) is 0 Å². The summed E-state index contributed by atoms with van der Waals surface area (Å²) in [5, 5.41) is 3.10. The molecule has 0 aliphatic heterocycles. The lowest BCUT2D eigenvalue weighted by Crippen LogP contribution is -2.08. The average molecular weight is 305 g/mol. The lowest BCUT2D eigenvalue weighted by molar-refractivity contribution is 0.963. The topological polar surface area (TPSA) is 76.7 Å². The van der Waals surface area contributed by atoms with E-state index in [2.05, 4.69) is 20.3 Å². The molecule has 1 aromatic carbocycles. The molecule has 2 rings (SSSR count). The Balaban J connectivity index is 0. The maximum Gasteiger partial charge on any atom is 0.227 e. The number of nitrogens with two attached hydrogens (primary N) is 1. The molecule has 1 heterocycles. The zero-order chi connectivity index (χ0) is 17.4. The molecule has 0 aliphatic rings. The van der Waals surface area contributed by atoms with E-state index in [1.54, 1.807) is 6.92 Å². The minimum absolute atomic E-state index is 0.239. The van der Waals surface area contributed by atoms with Gasteiger partial charge in [0.15, 0.2) is 0 Å². The Labute approximate surface area is 135 Å². The molecule has 22 heavy (non-hydrogen) atoms. The number of hydrogen-bond acceptors (Lipinski definition) is 5. The van der Waals surface area contributed by atoms with E-state index in [0.717, 1.165) is 0 Å². The van der Waals surface area contributed by atoms with Crippen LogP contribution < -0.4 is 11.1 Å². The van der Waals surface area contributed by atoms with Crippen LogP contribution in [0.1, 0.15) is 52.9 Å². The smallest absolute Gasteiger partial charge is 0.227 e. The number of aryl methyl sites for hydroxylation is 1. The summed E-state index contributed by atoms with van der Waals surface area (Å²) in [6.07, 6.45) is 0. The Hall–Kier alpha value is -2.17. The molecule has 0 atom stereocenters. The third-order valence-electron chi connectivity index (χ3n) is 2.06. The van der Waals surface area contributed by atoms with Gasteiger partial charge in [0.2, 0.25) is 11.9 Å². The van der Waals surface area contributed by atoms with E-state index in [1.165, 1.54) is 5.56 Å². The van der Waals surface area contributed by atoms with Crippen molar-refractivity contribution >= 4 is 11.9 Å². The first-order chi connectivity index (χ1) is 10.7. The first-order valence-corrected chi connectivity index (χ1v) is 8.00. The zero-order valence-corrected chi connectivity index (χ0v) is 15.0. The molecule has 1 aromatic heterocycles. The molecule has 0 amide bonds. The van der Waals surface area contributed by atoms with Gasteiger partial charge in [-0.1, -0.05) is 71.9 Å². The van der Waals surface area contributed by atoms with E-state index in [-0.39, 0.29) is 5.95 Å². The number of nitrogens with one attached hydrogen (secondary N) is 1. The predicted octanol–water partition coefficient (Wildman–Crippen LogP) is 4.45. The monoisotopic (exact) mass is 305 g/mol. The van der Waals surface area contributed by atoms with Crippen LogP contribution in [0.3, 0.4) is 0 Å². The van der Waals surface area contributed by atoms with Crippen molar-refractivity contribution in [2.45, 2.75) is 55.0 Å². The maximum atomic E-state index is 5.53. The minimum atomic E-state index is 0.239. The van der Waals surface area contributed by atoms with Gasteiger partial charge in [-0.05, 0) is 12.5 Å². The molecule has 5 nitrogen and oxygen atoms in total. The number of benzene rings is 1. The molecule has 0 unspecified atom stereocenters. The Morgan fingerprint density at radius 2 is 1.41 bits per heavy atom. The summed E-state index contributed by atoms with van der Waals surface area (Å²) < 4.78 is 0. The van der Waals surface area contributed by atoms with Crippen LogP contribution in [0.15, 0.2) is 30.3 Å². The van der Waals surface area contributed by atoms with Gasteiger partial charge in [0, 0.05) is 6.54 Å². The largest absolute Gasteiger partial charge is 0.368 e. The van der Waals surface area contributed by atoms with Gasteiger partial charge in [0.25, 0.3) is 0 Å². The normalized spacial score (nSPS) is 8.14. The van der Waals surface area contributed by atoms with Crippen LogP contribution in [0, 0.1) is 6.92 Å². The summed E-state index contributed by atoms with van der Waals surface area (Å²) in [5.74, 6) is 1.36. The van der Waals surface area contributed by atoms with Gasteiger partial charge in [-0.25, -0.2) is 0 Å². The van der Waals surface area contributed by atoms with Crippen LogP contribution in [0.4, 0.5) is 11.9 Å². The van der Waals surface area contributed by atoms with Crippen LogP contribution in [0.5, 0.6) is 0 Å². The summed E-state index contributed by atoms with van der Waals surface area (Å²) in [5.41, 5.74) is 6.69. The number of rotatable bonds is 3. The quantitative estimate of drug-likeness (QED) is 0.876. The Bertz CT molecular complexity index is 451. The molecule has 0 saturated carbocycles. The number of nitrogen functional groups attached to an aromatic ring is 1. The van der Waals surface area contributed by atoms with Crippen molar-refractivity contribution in [1.82, 2.24) is 15.0 Å². The van der Waals surface area contributed by atoms with Crippen LogP contribution in [0.25, 0.3) is 0 Å². The summed E-state index contributed by atoms with van der Waals surface area (Å²) in [4.78, 5) is 12.0. The first-order valence-electron chi connectivity index (χ1n) is 8.00. The molecule has 2 aromatic rings. The first kappa shape index (κ1) is 22.1. The predicted molar refractivity (Wildman–Crippen MR) is 96.8 cm³/mol. The summed E-state index contributed by atoms with van der Waals surface area (Å²) in [6.45, 7) is 14.5. The van der Waals surface area contributed by atoms with Crippen molar-refractivity contribution in [3.8, 4) is 0 Å². The summed E-state index contributed by atoms with van der Waals surface area (Å²) in [7, 11) is 0. The van der Waals surface area contributed by atoms with Crippen molar-refractivity contribution in [3.05, 3.63) is 41.7 Å². The number of anilines is 2. The lowest BCUT2D eigenvalue weighted by Gasteiger charge is -2.05.